The largest absolute Gasteiger partial charge is 0.456 e. The Balaban J connectivity index is 1.16. The Morgan fingerprint density at radius 1 is 0.345 bits per heavy atom. The highest BCUT2D eigenvalue weighted by molar-refractivity contribution is 6.14. The predicted octanol–water partition coefficient (Wildman–Crippen LogP) is 14.4. The molecule has 0 bridgehead atoms. The standard InChI is InChI=1S/C54H33N3O/c1-2-14-34(15-3-1)54-55-48(36-26-27-53-47(32-36)45-22-10-13-25-52(45)58-53)33-49(56-54)38-28-37(46-31-35-16-4-5-17-40(35)41-18-6-7-19-42(41)46)29-39(30-38)57-50-23-11-8-20-43(50)44-21-9-12-24-51(44)57/h1-33H. The number of para-hydroxylation sites is 3. The summed E-state index contributed by atoms with van der Waals surface area (Å²) in [7, 11) is 0. The molecule has 3 aromatic heterocycles. The summed E-state index contributed by atoms with van der Waals surface area (Å²) in [6.07, 6.45) is 0. The highest BCUT2D eigenvalue weighted by atomic mass is 16.3. The normalized spacial score (nSPS) is 11.8. The van der Waals surface area contributed by atoms with Crippen molar-refractivity contribution in [1.82, 2.24) is 14.5 Å². The van der Waals surface area contributed by atoms with Crippen LogP contribution < -0.4 is 0 Å². The Bertz CT molecular complexity index is 3520. The first kappa shape index (κ1) is 32.4. The summed E-state index contributed by atoms with van der Waals surface area (Å²) < 4.78 is 8.62. The van der Waals surface area contributed by atoms with Gasteiger partial charge in [0.15, 0.2) is 5.82 Å². The molecule has 0 spiro atoms. The zero-order chi connectivity index (χ0) is 38.2. The lowest BCUT2D eigenvalue weighted by atomic mass is 9.91. The fraction of sp³-hybridized carbons (Fsp3) is 0. The molecule has 0 fully saturated rings. The lowest BCUT2D eigenvalue weighted by Gasteiger charge is -2.17. The van der Waals surface area contributed by atoms with Crippen LogP contribution in [0.5, 0.6) is 0 Å². The van der Waals surface area contributed by atoms with Gasteiger partial charge in [-0.15, -0.1) is 0 Å². The molecule has 4 nitrogen and oxygen atoms in total. The van der Waals surface area contributed by atoms with Crippen molar-refractivity contribution in [3.05, 3.63) is 200 Å². The summed E-state index contributed by atoms with van der Waals surface area (Å²) in [5.41, 5.74) is 12.0. The Morgan fingerprint density at radius 2 is 0.931 bits per heavy atom. The van der Waals surface area contributed by atoms with Gasteiger partial charge in [-0.25, -0.2) is 9.97 Å². The van der Waals surface area contributed by atoms with Gasteiger partial charge < -0.3 is 8.98 Å². The van der Waals surface area contributed by atoms with E-state index in [9.17, 15) is 0 Å². The molecule has 0 saturated heterocycles. The maximum atomic E-state index is 6.22. The number of hydrogen-bond donors (Lipinski definition) is 0. The molecular formula is C54H33N3O. The summed E-state index contributed by atoms with van der Waals surface area (Å²) in [4.78, 5) is 10.6. The number of nitrogens with zero attached hydrogens (tertiary/aromatic N) is 3. The topological polar surface area (TPSA) is 43.9 Å². The molecule has 0 atom stereocenters. The van der Waals surface area contributed by atoms with Crippen LogP contribution in [0.4, 0.5) is 0 Å². The number of fused-ring (bicyclic) bond motifs is 9. The maximum Gasteiger partial charge on any atom is 0.160 e. The number of rotatable bonds is 5. The van der Waals surface area contributed by atoms with E-state index in [0.29, 0.717) is 5.82 Å². The van der Waals surface area contributed by atoms with Crippen molar-refractivity contribution in [2.75, 3.05) is 0 Å². The molecule has 0 aliphatic carbocycles. The highest BCUT2D eigenvalue weighted by Crippen LogP contribution is 2.41. The molecular weight excluding hydrogens is 707 g/mol. The molecule has 270 valence electrons. The predicted molar refractivity (Wildman–Crippen MR) is 240 cm³/mol. The van der Waals surface area contributed by atoms with Crippen molar-refractivity contribution in [3.8, 4) is 50.7 Å². The molecule has 0 amide bonds. The Kier molecular flexibility index (Phi) is 7.20. The molecule has 0 saturated carbocycles. The van der Waals surface area contributed by atoms with Crippen molar-refractivity contribution >= 4 is 65.3 Å². The fourth-order valence-corrected chi connectivity index (χ4v) is 8.88. The summed E-state index contributed by atoms with van der Waals surface area (Å²) >= 11 is 0. The van der Waals surface area contributed by atoms with Crippen LogP contribution >= 0.6 is 0 Å². The molecule has 12 rings (SSSR count). The minimum atomic E-state index is 0.672. The van der Waals surface area contributed by atoms with E-state index in [2.05, 4.69) is 174 Å². The number of benzene rings is 9. The van der Waals surface area contributed by atoms with E-state index in [0.717, 1.165) is 72.3 Å². The molecule has 58 heavy (non-hydrogen) atoms. The van der Waals surface area contributed by atoms with E-state index >= 15 is 0 Å². The summed E-state index contributed by atoms with van der Waals surface area (Å²) in [6.45, 7) is 0. The SMILES string of the molecule is c1ccc(-c2nc(-c3cc(-c4cc5ccccc5c5ccccc45)cc(-n4c5ccccc5c5ccccc54)c3)cc(-c3ccc4oc5ccccc5c4c3)n2)cc1. The summed E-state index contributed by atoms with van der Waals surface area (Å²) in [5, 5.41) is 9.49. The molecule has 0 N–H and O–H groups in total. The second-order valence-corrected chi connectivity index (χ2v) is 15.0. The maximum absolute atomic E-state index is 6.22. The first-order valence-corrected chi connectivity index (χ1v) is 19.6. The minimum Gasteiger partial charge on any atom is -0.456 e. The molecule has 0 aliphatic heterocycles. The van der Waals surface area contributed by atoms with Gasteiger partial charge in [-0.05, 0) is 99.4 Å². The van der Waals surface area contributed by atoms with Gasteiger partial charge >= 0.3 is 0 Å². The van der Waals surface area contributed by atoms with Gasteiger partial charge in [0.25, 0.3) is 0 Å². The van der Waals surface area contributed by atoms with Crippen LogP contribution in [-0.2, 0) is 0 Å². The van der Waals surface area contributed by atoms with Gasteiger partial charge in [0.2, 0.25) is 0 Å². The second kappa shape index (κ2) is 12.9. The van der Waals surface area contributed by atoms with Crippen LogP contribution in [0.15, 0.2) is 205 Å². The van der Waals surface area contributed by atoms with E-state index in [1.165, 1.54) is 37.9 Å². The zero-order valence-electron chi connectivity index (χ0n) is 31.3. The zero-order valence-corrected chi connectivity index (χ0v) is 31.3. The number of aromatic nitrogens is 3. The quantitative estimate of drug-likeness (QED) is 0.165. The second-order valence-electron chi connectivity index (χ2n) is 15.0. The van der Waals surface area contributed by atoms with Crippen LogP contribution in [0, 0.1) is 0 Å². The van der Waals surface area contributed by atoms with Crippen LogP contribution in [0.3, 0.4) is 0 Å². The van der Waals surface area contributed by atoms with E-state index in [-0.39, 0.29) is 0 Å². The van der Waals surface area contributed by atoms with E-state index in [1.54, 1.807) is 0 Å². The van der Waals surface area contributed by atoms with E-state index in [4.69, 9.17) is 14.4 Å². The van der Waals surface area contributed by atoms with Crippen molar-refractivity contribution in [2.45, 2.75) is 0 Å². The first-order valence-electron chi connectivity index (χ1n) is 19.6. The average molecular weight is 740 g/mol. The Labute approximate surface area is 333 Å². The van der Waals surface area contributed by atoms with Gasteiger partial charge in [0.05, 0.1) is 22.4 Å². The molecule has 9 aromatic carbocycles. The minimum absolute atomic E-state index is 0.672. The third-order valence-corrected chi connectivity index (χ3v) is 11.6. The molecule has 0 radical (unpaired) electrons. The van der Waals surface area contributed by atoms with Crippen LogP contribution in [-0.4, -0.2) is 14.5 Å². The monoisotopic (exact) mass is 739 g/mol. The van der Waals surface area contributed by atoms with Crippen LogP contribution in [0.1, 0.15) is 0 Å². The summed E-state index contributed by atoms with van der Waals surface area (Å²) in [6, 6.07) is 71.1. The van der Waals surface area contributed by atoms with E-state index < -0.39 is 0 Å². The van der Waals surface area contributed by atoms with Crippen LogP contribution in [0.2, 0.25) is 0 Å². The van der Waals surface area contributed by atoms with Gasteiger partial charge in [-0.2, -0.15) is 0 Å². The lowest BCUT2D eigenvalue weighted by molar-refractivity contribution is 0.669. The van der Waals surface area contributed by atoms with Gasteiger partial charge in [0.1, 0.15) is 11.2 Å². The lowest BCUT2D eigenvalue weighted by Crippen LogP contribution is -1.99. The van der Waals surface area contributed by atoms with Gasteiger partial charge in [-0.3, -0.25) is 0 Å². The van der Waals surface area contributed by atoms with Crippen LogP contribution in [0.25, 0.3) is 116 Å². The van der Waals surface area contributed by atoms with Crippen molar-refractivity contribution in [2.24, 2.45) is 0 Å². The average Bonchev–Trinajstić information content (AvgIpc) is 3.84. The molecule has 3 heterocycles. The molecule has 4 heteroatoms. The molecule has 0 unspecified atom stereocenters. The number of hydrogen-bond acceptors (Lipinski definition) is 3. The number of furan rings is 1. The third-order valence-electron chi connectivity index (χ3n) is 11.6. The Morgan fingerprint density at radius 3 is 1.71 bits per heavy atom. The smallest absolute Gasteiger partial charge is 0.160 e. The summed E-state index contributed by atoms with van der Waals surface area (Å²) in [5.74, 6) is 0.672. The first-order chi connectivity index (χ1) is 28.7. The van der Waals surface area contributed by atoms with Gasteiger partial charge in [0, 0.05) is 43.9 Å². The van der Waals surface area contributed by atoms with Crippen molar-refractivity contribution in [3.63, 3.8) is 0 Å². The van der Waals surface area contributed by atoms with Crippen molar-refractivity contribution in [1.29, 1.82) is 0 Å². The third kappa shape index (κ3) is 5.16. The van der Waals surface area contributed by atoms with Crippen molar-refractivity contribution < 1.29 is 4.42 Å². The fourth-order valence-electron chi connectivity index (χ4n) is 8.88. The Hall–Kier alpha value is -7.82. The molecule has 12 aromatic rings. The van der Waals surface area contributed by atoms with E-state index in [1.807, 2.05) is 30.3 Å². The highest BCUT2D eigenvalue weighted by Gasteiger charge is 2.19. The molecule has 0 aliphatic rings. The van der Waals surface area contributed by atoms with Gasteiger partial charge in [-0.1, -0.05) is 133 Å².